The van der Waals surface area contributed by atoms with Gasteiger partial charge in [0.2, 0.25) is 6.79 Å². The van der Waals surface area contributed by atoms with E-state index in [2.05, 4.69) is 5.32 Å². The lowest BCUT2D eigenvalue weighted by Crippen LogP contribution is -2.22. The molecule has 0 saturated heterocycles. The number of benzene rings is 2. The Morgan fingerprint density at radius 3 is 2.67 bits per heavy atom. The molecule has 1 atom stereocenters. The van der Waals surface area contributed by atoms with Crippen molar-refractivity contribution in [1.82, 2.24) is 0 Å². The highest BCUT2D eigenvalue weighted by Gasteiger charge is 2.22. The van der Waals surface area contributed by atoms with E-state index in [0.717, 1.165) is 11.3 Å². The fourth-order valence-corrected chi connectivity index (χ4v) is 2.19. The summed E-state index contributed by atoms with van der Waals surface area (Å²) < 4.78 is 15.5. The third kappa shape index (κ3) is 2.76. The minimum Gasteiger partial charge on any atom is -0.467 e. The van der Waals surface area contributed by atoms with Crippen molar-refractivity contribution < 1.29 is 19.0 Å². The third-order valence-electron chi connectivity index (χ3n) is 3.25. The van der Waals surface area contributed by atoms with Crippen molar-refractivity contribution in [2.75, 3.05) is 19.2 Å². The first-order valence-electron chi connectivity index (χ1n) is 6.57. The topological polar surface area (TPSA) is 56.8 Å². The molecule has 5 heteroatoms. The Kier molecular flexibility index (Phi) is 3.64. The molecule has 0 spiro atoms. The van der Waals surface area contributed by atoms with E-state index in [1.165, 1.54) is 7.11 Å². The van der Waals surface area contributed by atoms with Crippen LogP contribution in [0.4, 0.5) is 5.69 Å². The number of anilines is 1. The molecule has 1 heterocycles. The number of nitrogens with one attached hydrogen (secondary N) is 1. The molecule has 1 unspecified atom stereocenters. The Labute approximate surface area is 122 Å². The molecule has 108 valence electrons. The van der Waals surface area contributed by atoms with Gasteiger partial charge in [-0.1, -0.05) is 30.3 Å². The van der Waals surface area contributed by atoms with Crippen LogP contribution in [0.2, 0.25) is 0 Å². The number of hydrogen-bond acceptors (Lipinski definition) is 5. The average molecular weight is 285 g/mol. The Morgan fingerprint density at radius 2 is 1.90 bits per heavy atom. The number of esters is 1. The molecule has 3 rings (SSSR count). The summed E-state index contributed by atoms with van der Waals surface area (Å²) in [5, 5.41) is 3.17. The van der Waals surface area contributed by atoms with Crippen LogP contribution in [0.3, 0.4) is 0 Å². The molecule has 0 saturated carbocycles. The molecular formula is C16H15NO4. The summed E-state index contributed by atoms with van der Waals surface area (Å²) >= 11 is 0. The Hall–Kier alpha value is -2.69. The lowest BCUT2D eigenvalue weighted by atomic mass is 10.1. The maximum Gasteiger partial charge on any atom is 0.332 e. The monoisotopic (exact) mass is 285 g/mol. The minimum absolute atomic E-state index is 0.220. The average Bonchev–Trinajstić information content (AvgIpc) is 3.00. The quantitative estimate of drug-likeness (QED) is 0.875. The Morgan fingerprint density at radius 1 is 1.14 bits per heavy atom. The number of rotatable bonds is 4. The van der Waals surface area contributed by atoms with Crippen molar-refractivity contribution in [2.45, 2.75) is 6.04 Å². The van der Waals surface area contributed by atoms with Gasteiger partial charge < -0.3 is 19.5 Å². The smallest absolute Gasteiger partial charge is 0.332 e. The normalized spacial score (nSPS) is 13.6. The number of hydrogen-bond donors (Lipinski definition) is 1. The fourth-order valence-electron chi connectivity index (χ4n) is 2.19. The first kappa shape index (κ1) is 13.3. The van der Waals surface area contributed by atoms with E-state index >= 15 is 0 Å². The maximum absolute atomic E-state index is 12.0. The zero-order chi connectivity index (χ0) is 14.7. The highest BCUT2D eigenvalue weighted by atomic mass is 16.7. The van der Waals surface area contributed by atoms with E-state index < -0.39 is 6.04 Å². The number of methoxy groups -OCH3 is 1. The van der Waals surface area contributed by atoms with Crippen LogP contribution in [-0.4, -0.2) is 19.9 Å². The van der Waals surface area contributed by atoms with Gasteiger partial charge in [-0.2, -0.15) is 0 Å². The molecule has 0 fully saturated rings. The molecule has 0 bridgehead atoms. The predicted molar refractivity (Wildman–Crippen MR) is 77.4 cm³/mol. The molecule has 1 aliphatic rings. The molecule has 2 aromatic rings. The Bertz CT molecular complexity index is 642. The minimum atomic E-state index is -0.573. The van der Waals surface area contributed by atoms with Crippen molar-refractivity contribution in [2.24, 2.45) is 0 Å². The molecule has 0 amide bonds. The van der Waals surface area contributed by atoms with E-state index in [-0.39, 0.29) is 12.8 Å². The summed E-state index contributed by atoms with van der Waals surface area (Å²) in [6.07, 6.45) is 0. The van der Waals surface area contributed by atoms with Crippen molar-refractivity contribution >= 4 is 11.7 Å². The van der Waals surface area contributed by atoms with Gasteiger partial charge in [0, 0.05) is 11.8 Å². The van der Waals surface area contributed by atoms with Crippen LogP contribution in [0.1, 0.15) is 11.6 Å². The lowest BCUT2D eigenvalue weighted by Gasteiger charge is -2.18. The summed E-state index contributed by atoms with van der Waals surface area (Å²) in [6, 6.07) is 14.3. The zero-order valence-electron chi connectivity index (χ0n) is 11.5. The van der Waals surface area contributed by atoms with E-state index in [4.69, 9.17) is 14.2 Å². The van der Waals surface area contributed by atoms with Gasteiger partial charge in [-0.3, -0.25) is 0 Å². The lowest BCUT2D eigenvalue weighted by molar-refractivity contribution is -0.141. The van der Waals surface area contributed by atoms with Crippen LogP contribution in [0.15, 0.2) is 48.5 Å². The highest BCUT2D eigenvalue weighted by Crippen LogP contribution is 2.35. The number of ether oxygens (including phenoxy) is 3. The highest BCUT2D eigenvalue weighted by molar-refractivity contribution is 5.81. The van der Waals surface area contributed by atoms with E-state index in [1.807, 2.05) is 42.5 Å². The van der Waals surface area contributed by atoms with Crippen LogP contribution < -0.4 is 14.8 Å². The SMILES string of the molecule is COC(=O)C(Nc1ccc2c(c1)OCO2)c1ccccc1. The largest absolute Gasteiger partial charge is 0.467 e. The number of carbonyl (C=O) groups excluding carboxylic acids is 1. The van der Waals surface area contributed by atoms with E-state index in [9.17, 15) is 4.79 Å². The van der Waals surface area contributed by atoms with Crippen molar-refractivity contribution in [3.05, 3.63) is 54.1 Å². The van der Waals surface area contributed by atoms with Crippen LogP contribution in [0.5, 0.6) is 11.5 Å². The number of carbonyl (C=O) groups is 1. The number of fused-ring (bicyclic) bond motifs is 1. The van der Waals surface area contributed by atoms with Crippen molar-refractivity contribution in [3.8, 4) is 11.5 Å². The zero-order valence-corrected chi connectivity index (χ0v) is 11.5. The molecule has 0 radical (unpaired) electrons. The van der Waals surface area contributed by atoms with Gasteiger partial charge in [0.15, 0.2) is 17.5 Å². The maximum atomic E-state index is 12.0. The van der Waals surface area contributed by atoms with Gasteiger partial charge in [-0.25, -0.2) is 4.79 Å². The molecule has 5 nitrogen and oxygen atoms in total. The van der Waals surface area contributed by atoms with Crippen molar-refractivity contribution in [1.29, 1.82) is 0 Å². The Balaban J connectivity index is 1.86. The summed E-state index contributed by atoms with van der Waals surface area (Å²) in [5.41, 5.74) is 1.60. The van der Waals surface area contributed by atoms with Crippen LogP contribution in [0.25, 0.3) is 0 Å². The standard InChI is InChI=1S/C16H15NO4/c1-19-16(18)15(11-5-3-2-4-6-11)17-12-7-8-13-14(9-12)21-10-20-13/h2-9,15,17H,10H2,1H3. The van der Waals surface area contributed by atoms with E-state index in [1.54, 1.807) is 6.07 Å². The first-order valence-corrected chi connectivity index (χ1v) is 6.57. The molecule has 1 N–H and O–H groups in total. The van der Waals surface area contributed by atoms with Crippen LogP contribution in [0, 0.1) is 0 Å². The summed E-state index contributed by atoms with van der Waals surface area (Å²) in [6.45, 7) is 0.220. The van der Waals surface area contributed by atoms with Gasteiger partial charge in [0.25, 0.3) is 0 Å². The fraction of sp³-hybridized carbons (Fsp3) is 0.188. The molecule has 21 heavy (non-hydrogen) atoms. The second-order valence-electron chi connectivity index (χ2n) is 4.58. The van der Waals surface area contributed by atoms with Gasteiger partial charge in [-0.05, 0) is 17.7 Å². The predicted octanol–water partition coefficient (Wildman–Crippen LogP) is 2.74. The van der Waals surface area contributed by atoms with Gasteiger partial charge in [0.05, 0.1) is 7.11 Å². The van der Waals surface area contributed by atoms with Gasteiger partial charge >= 0.3 is 5.97 Å². The molecule has 2 aromatic carbocycles. The van der Waals surface area contributed by atoms with Gasteiger partial charge in [-0.15, -0.1) is 0 Å². The molecule has 0 aromatic heterocycles. The molecule has 1 aliphatic heterocycles. The summed E-state index contributed by atoms with van der Waals surface area (Å²) in [7, 11) is 1.37. The van der Waals surface area contributed by atoms with E-state index in [0.29, 0.717) is 11.5 Å². The molecular weight excluding hydrogens is 270 g/mol. The van der Waals surface area contributed by atoms with Gasteiger partial charge in [0.1, 0.15) is 0 Å². The summed E-state index contributed by atoms with van der Waals surface area (Å²) in [5.74, 6) is 1.02. The van der Waals surface area contributed by atoms with Crippen molar-refractivity contribution in [3.63, 3.8) is 0 Å². The molecule has 0 aliphatic carbocycles. The first-order chi connectivity index (χ1) is 10.3. The second kappa shape index (κ2) is 5.75. The van der Waals surface area contributed by atoms with Crippen LogP contribution >= 0.6 is 0 Å². The summed E-state index contributed by atoms with van der Waals surface area (Å²) in [4.78, 5) is 12.0. The van der Waals surface area contributed by atoms with Crippen LogP contribution in [-0.2, 0) is 9.53 Å². The third-order valence-corrected chi connectivity index (χ3v) is 3.25. The second-order valence-corrected chi connectivity index (χ2v) is 4.58.